The van der Waals surface area contributed by atoms with Gasteiger partial charge in [-0.1, -0.05) is 12.1 Å². The van der Waals surface area contributed by atoms with E-state index in [4.69, 9.17) is 4.74 Å². The zero-order chi connectivity index (χ0) is 12.5. The summed E-state index contributed by atoms with van der Waals surface area (Å²) in [5.74, 6) is 0.966. The lowest BCUT2D eigenvalue weighted by atomic mass is 10.2. The summed E-state index contributed by atoms with van der Waals surface area (Å²) >= 11 is 0. The van der Waals surface area contributed by atoms with Crippen LogP contribution in [0.15, 0.2) is 24.3 Å². The van der Waals surface area contributed by atoms with Gasteiger partial charge < -0.3 is 4.74 Å². The Labute approximate surface area is 102 Å². The highest BCUT2D eigenvalue weighted by atomic mass is 32.2. The van der Waals surface area contributed by atoms with Crippen molar-refractivity contribution in [2.75, 3.05) is 18.8 Å². The highest BCUT2D eigenvalue weighted by Gasteiger charge is 2.36. The molecule has 2 rings (SSSR count). The normalized spacial score (nSPS) is 17.8. The van der Waals surface area contributed by atoms with Crippen LogP contribution >= 0.6 is 0 Å². The third kappa shape index (κ3) is 2.79. The zero-order valence-electron chi connectivity index (χ0n) is 10.1. The molecule has 0 unspecified atom stereocenters. The van der Waals surface area contributed by atoms with Crippen molar-refractivity contribution in [2.45, 2.75) is 20.0 Å². The van der Waals surface area contributed by atoms with Gasteiger partial charge in [0.05, 0.1) is 18.8 Å². The number of ether oxygens (including phenoxy) is 1. The van der Waals surface area contributed by atoms with Gasteiger partial charge in [-0.15, -0.1) is 0 Å². The van der Waals surface area contributed by atoms with Crippen LogP contribution in [0.3, 0.4) is 0 Å². The maximum absolute atomic E-state index is 11.5. The van der Waals surface area contributed by atoms with Crippen molar-refractivity contribution in [2.24, 2.45) is 0 Å². The first-order chi connectivity index (χ1) is 8.01. The van der Waals surface area contributed by atoms with E-state index in [1.165, 1.54) is 4.31 Å². The van der Waals surface area contributed by atoms with Crippen LogP contribution in [-0.2, 0) is 10.0 Å². The lowest BCUT2D eigenvalue weighted by molar-refractivity contribution is 0.0763. The fourth-order valence-corrected chi connectivity index (χ4v) is 2.92. The third-order valence-corrected chi connectivity index (χ3v) is 4.68. The Hall–Kier alpha value is -1.07. The van der Waals surface area contributed by atoms with Gasteiger partial charge in [0.1, 0.15) is 11.9 Å². The van der Waals surface area contributed by atoms with E-state index in [0.29, 0.717) is 13.1 Å². The van der Waals surface area contributed by atoms with E-state index in [0.717, 1.165) is 11.3 Å². The summed E-state index contributed by atoms with van der Waals surface area (Å²) < 4.78 is 30.2. The van der Waals surface area contributed by atoms with Crippen LogP contribution < -0.4 is 4.74 Å². The molecular weight excluding hydrogens is 238 g/mol. The Balaban J connectivity index is 1.90. The predicted molar refractivity (Wildman–Crippen MR) is 66.6 cm³/mol. The number of benzene rings is 1. The molecule has 4 nitrogen and oxygen atoms in total. The van der Waals surface area contributed by atoms with E-state index < -0.39 is 10.0 Å². The van der Waals surface area contributed by atoms with E-state index >= 15 is 0 Å². The van der Waals surface area contributed by atoms with E-state index in [-0.39, 0.29) is 11.9 Å². The van der Waals surface area contributed by atoms with Gasteiger partial charge in [-0.2, -0.15) is 4.31 Å². The smallest absolute Gasteiger partial charge is 0.214 e. The average Bonchev–Trinajstić information content (AvgIpc) is 2.22. The number of nitrogens with zero attached hydrogens (tertiary/aromatic N) is 1. The molecule has 0 amide bonds. The molecule has 0 aliphatic carbocycles. The van der Waals surface area contributed by atoms with Gasteiger partial charge in [0.25, 0.3) is 0 Å². The molecule has 0 radical (unpaired) electrons. The van der Waals surface area contributed by atoms with Crippen molar-refractivity contribution in [3.8, 4) is 5.75 Å². The monoisotopic (exact) mass is 255 g/mol. The number of hydrogen-bond acceptors (Lipinski definition) is 3. The van der Waals surface area contributed by atoms with Gasteiger partial charge in [0, 0.05) is 0 Å². The minimum atomic E-state index is -3.04. The third-order valence-electron chi connectivity index (χ3n) is 2.87. The molecule has 0 atom stereocenters. The number of aryl methyl sites for hydroxylation is 1. The summed E-state index contributed by atoms with van der Waals surface area (Å²) in [4.78, 5) is 0. The van der Waals surface area contributed by atoms with E-state index in [9.17, 15) is 8.42 Å². The fraction of sp³-hybridized carbons (Fsp3) is 0.500. The van der Waals surface area contributed by atoms with Crippen LogP contribution in [0.4, 0.5) is 0 Å². The van der Waals surface area contributed by atoms with Gasteiger partial charge in [-0.25, -0.2) is 8.42 Å². The number of sulfonamides is 1. The van der Waals surface area contributed by atoms with Crippen LogP contribution in [0.5, 0.6) is 5.75 Å². The Kier molecular flexibility index (Phi) is 3.40. The van der Waals surface area contributed by atoms with E-state index in [2.05, 4.69) is 0 Å². The fourth-order valence-electron chi connectivity index (χ4n) is 1.77. The second-order valence-electron chi connectivity index (χ2n) is 4.27. The molecule has 1 aliphatic heterocycles. The molecule has 1 aliphatic rings. The molecular formula is C12H17NO3S. The number of rotatable bonds is 4. The molecule has 0 saturated carbocycles. The quantitative estimate of drug-likeness (QED) is 0.817. The topological polar surface area (TPSA) is 46.6 Å². The second-order valence-corrected chi connectivity index (χ2v) is 6.53. The molecule has 0 N–H and O–H groups in total. The molecule has 0 spiro atoms. The molecule has 0 bridgehead atoms. The summed E-state index contributed by atoms with van der Waals surface area (Å²) in [6, 6.07) is 7.78. The van der Waals surface area contributed by atoms with Crippen LogP contribution in [-0.4, -0.2) is 37.7 Å². The first-order valence-electron chi connectivity index (χ1n) is 5.72. The second kappa shape index (κ2) is 4.66. The molecule has 1 aromatic rings. The minimum absolute atomic E-state index is 0.0156. The van der Waals surface area contributed by atoms with Crippen molar-refractivity contribution in [3.05, 3.63) is 29.8 Å². The van der Waals surface area contributed by atoms with E-state index in [1.54, 1.807) is 6.92 Å². The Morgan fingerprint density at radius 1 is 1.41 bits per heavy atom. The standard InChI is InChI=1S/C12H17NO3S/c1-3-17(14,15)13-8-12(9-13)16-11-6-4-5-10(2)7-11/h4-7,12H,3,8-9H2,1-2H3. The molecule has 0 aromatic heterocycles. The highest BCUT2D eigenvalue weighted by molar-refractivity contribution is 7.89. The largest absolute Gasteiger partial charge is 0.488 e. The summed E-state index contributed by atoms with van der Waals surface area (Å²) in [7, 11) is -3.04. The molecule has 5 heteroatoms. The van der Waals surface area contributed by atoms with Crippen molar-refractivity contribution in [1.82, 2.24) is 4.31 Å². The molecule has 1 heterocycles. The van der Waals surface area contributed by atoms with Gasteiger partial charge in [-0.3, -0.25) is 0 Å². The molecule has 17 heavy (non-hydrogen) atoms. The average molecular weight is 255 g/mol. The summed E-state index contributed by atoms with van der Waals surface area (Å²) in [5.41, 5.74) is 1.14. The molecule has 1 aromatic carbocycles. The van der Waals surface area contributed by atoms with Crippen LogP contribution in [0.1, 0.15) is 12.5 Å². The van der Waals surface area contributed by atoms with Gasteiger partial charge in [0.2, 0.25) is 10.0 Å². The molecule has 1 saturated heterocycles. The summed E-state index contributed by atoms with van der Waals surface area (Å²) in [6.45, 7) is 4.58. The first-order valence-corrected chi connectivity index (χ1v) is 7.33. The predicted octanol–water partition coefficient (Wildman–Crippen LogP) is 1.41. The maximum atomic E-state index is 11.5. The maximum Gasteiger partial charge on any atom is 0.214 e. The molecule has 94 valence electrons. The SMILES string of the molecule is CCS(=O)(=O)N1CC(Oc2cccc(C)c2)C1. The Bertz CT molecular complexity index is 492. The molecule has 1 fully saturated rings. The minimum Gasteiger partial charge on any atom is -0.488 e. The summed E-state index contributed by atoms with van der Waals surface area (Å²) in [6.07, 6.45) is -0.0156. The first kappa shape index (κ1) is 12.4. The van der Waals surface area contributed by atoms with Gasteiger partial charge in [0.15, 0.2) is 0 Å². The van der Waals surface area contributed by atoms with Crippen molar-refractivity contribution in [1.29, 1.82) is 0 Å². The highest BCUT2D eigenvalue weighted by Crippen LogP contribution is 2.21. The van der Waals surface area contributed by atoms with Crippen molar-refractivity contribution >= 4 is 10.0 Å². The van der Waals surface area contributed by atoms with Crippen molar-refractivity contribution in [3.63, 3.8) is 0 Å². The van der Waals surface area contributed by atoms with Gasteiger partial charge in [-0.05, 0) is 31.5 Å². The Morgan fingerprint density at radius 2 is 2.12 bits per heavy atom. The summed E-state index contributed by atoms with van der Waals surface area (Å²) in [5, 5.41) is 0. The number of hydrogen-bond donors (Lipinski definition) is 0. The van der Waals surface area contributed by atoms with Gasteiger partial charge >= 0.3 is 0 Å². The van der Waals surface area contributed by atoms with Crippen LogP contribution in [0.2, 0.25) is 0 Å². The van der Waals surface area contributed by atoms with Crippen molar-refractivity contribution < 1.29 is 13.2 Å². The zero-order valence-corrected chi connectivity index (χ0v) is 10.9. The Morgan fingerprint density at radius 3 is 2.71 bits per heavy atom. The van der Waals surface area contributed by atoms with Crippen LogP contribution in [0, 0.1) is 6.92 Å². The lowest BCUT2D eigenvalue weighted by Gasteiger charge is -2.37. The van der Waals surface area contributed by atoms with Crippen LogP contribution in [0.25, 0.3) is 0 Å². The lowest BCUT2D eigenvalue weighted by Crippen LogP contribution is -2.56. The van der Waals surface area contributed by atoms with E-state index in [1.807, 2.05) is 31.2 Å².